The second kappa shape index (κ2) is 8.85. The summed E-state index contributed by atoms with van der Waals surface area (Å²) >= 11 is 6.32. The molecule has 0 saturated heterocycles. The van der Waals surface area contributed by atoms with Crippen molar-refractivity contribution in [2.75, 3.05) is 6.54 Å². The molecule has 0 saturated carbocycles. The van der Waals surface area contributed by atoms with E-state index in [0.717, 1.165) is 17.4 Å². The van der Waals surface area contributed by atoms with Gasteiger partial charge in [0.2, 0.25) is 5.91 Å². The maximum atomic E-state index is 13.0. The molecule has 2 aromatic carbocycles. The number of benzene rings is 2. The molecule has 6 heteroatoms. The number of halogens is 1. The molecule has 5 nitrogen and oxygen atoms in total. The van der Waals surface area contributed by atoms with E-state index in [0.29, 0.717) is 28.3 Å². The van der Waals surface area contributed by atoms with E-state index in [-0.39, 0.29) is 11.8 Å². The molecule has 2 N–H and O–H groups in total. The average molecular weight is 396 g/mol. The first-order valence-electron chi connectivity index (χ1n) is 9.24. The Morgan fingerprint density at radius 3 is 2.57 bits per heavy atom. The van der Waals surface area contributed by atoms with E-state index in [1.807, 2.05) is 49.4 Å². The van der Waals surface area contributed by atoms with Crippen LogP contribution in [0.3, 0.4) is 0 Å². The van der Waals surface area contributed by atoms with Crippen molar-refractivity contribution in [3.8, 4) is 11.3 Å². The van der Waals surface area contributed by atoms with Gasteiger partial charge in [-0.15, -0.1) is 0 Å². The van der Waals surface area contributed by atoms with Gasteiger partial charge in [0.25, 0.3) is 5.91 Å². The Balaban J connectivity index is 1.99. The van der Waals surface area contributed by atoms with Gasteiger partial charge < -0.3 is 10.6 Å². The van der Waals surface area contributed by atoms with Crippen LogP contribution in [0.5, 0.6) is 0 Å². The Kier molecular flexibility index (Phi) is 6.26. The van der Waals surface area contributed by atoms with Crippen molar-refractivity contribution in [1.82, 2.24) is 15.6 Å². The Hall–Kier alpha value is -2.92. The summed E-state index contributed by atoms with van der Waals surface area (Å²) in [7, 11) is 0. The summed E-state index contributed by atoms with van der Waals surface area (Å²) < 4.78 is 0. The van der Waals surface area contributed by atoms with Gasteiger partial charge in [-0.2, -0.15) is 0 Å². The van der Waals surface area contributed by atoms with Crippen LogP contribution in [0.2, 0.25) is 5.02 Å². The van der Waals surface area contributed by atoms with E-state index in [9.17, 15) is 9.59 Å². The molecule has 144 valence electrons. The fraction of sp³-hybridized carbons (Fsp3) is 0.227. The zero-order valence-corrected chi connectivity index (χ0v) is 16.6. The molecule has 3 rings (SSSR count). The highest BCUT2D eigenvalue weighted by Gasteiger charge is 2.19. The van der Waals surface area contributed by atoms with Gasteiger partial charge in [0.1, 0.15) is 6.04 Å². The van der Waals surface area contributed by atoms with Gasteiger partial charge in [0.05, 0.1) is 16.8 Å². The predicted molar refractivity (Wildman–Crippen MR) is 112 cm³/mol. The quantitative estimate of drug-likeness (QED) is 0.657. The zero-order chi connectivity index (χ0) is 20.1. The highest BCUT2D eigenvalue weighted by atomic mass is 35.5. The molecule has 1 atom stereocenters. The van der Waals surface area contributed by atoms with Crippen molar-refractivity contribution in [2.24, 2.45) is 0 Å². The van der Waals surface area contributed by atoms with E-state index in [2.05, 4.69) is 15.6 Å². The molecule has 0 aliphatic carbocycles. The normalized spacial score (nSPS) is 11.8. The number of amides is 2. The molecule has 0 radical (unpaired) electrons. The molecular weight excluding hydrogens is 374 g/mol. The van der Waals surface area contributed by atoms with Crippen LogP contribution >= 0.6 is 11.6 Å². The van der Waals surface area contributed by atoms with Crippen LogP contribution in [0, 0.1) is 0 Å². The molecule has 0 fully saturated rings. The second-order valence-corrected chi connectivity index (χ2v) is 6.95. The molecule has 0 spiro atoms. The van der Waals surface area contributed by atoms with E-state index in [1.165, 1.54) is 0 Å². The largest absolute Gasteiger partial charge is 0.354 e. The topological polar surface area (TPSA) is 71.1 Å². The third kappa shape index (κ3) is 4.31. The summed E-state index contributed by atoms with van der Waals surface area (Å²) in [5, 5.41) is 6.84. The van der Waals surface area contributed by atoms with Gasteiger partial charge in [-0.1, -0.05) is 54.9 Å². The summed E-state index contributed by atoms with van der Waals surface area (Å²) in [5.41, 5.74) is 2.50. The van der Waals surface area contributed by atoms with Gasteiger partial charge in [0, 0.05) is 22.5 Å². The Morgan fingerprint density at radius 1 is 1.11 bits per heavy atom. The Morgan fingerprint density at radius 2 is 1.82 bits per heavy atom. The number of nitrogens with one attached hydrogen (secondary N) is 2. The van der Waals surface area contributed by atoms with Crippen LogP contribution in [0.1, 0.15) is 30.6 Å². The molecule has 2 amide bonds. The summed E-state index contributed by atoms with van der Waals surface area (Å²) in [6.07, 6.45) is 0.836. The molecule has 28 heavy (non-hydrogen) atoms. The second-order valence-electron chi connectivity index (χ2n) is 6.54. The molecule has 3 aromatic rings. The van der Waals surface area contributed by atoms with Crippen LogP contribution < -0.4 is 10.6 Å². The number of para-hydroxylation sites is 1. The van der Waals surface area contributed by atoms with Crippen molar-refractivity contribution in [3.05, 3.63) is 65.2 Å². The summed E-state index contributed by atoms with van der Waals surface area (Å²) in [6.45, 7) is 4.22. The van der Waals surface area contributed by atoms with E-state index >= 15 is 0 Å². The maximum Gasteiger partial charge on any atom is 0.252 e. The van der Waals surface area contributed by atoms with Crippen molar-refractivity contribution >= 4 is 34.3 Å². The van der Waals surface area contributed by atoms with E-state index < -0.39 is 6.04 Å². The third-order valence-electron chi connectivity index (χ3n) is 4.40. The highest BCUT2D eigenvalue weighted by molar-refractivity contribution is 6.33. The lowest BCUT2D eigenvalue weighted by Gasteiger charge is -2.15. The minimum absolute atomic E-state index is 0.208. The monoisotopic (exact) mass is 395 g/mol. The number of aromatic nitrogens is 1. The lowest BCUT2D eigenvalue weighted by atomic mass is 10.0. The van der Waals surface area contributed by atoms with Crippen LogP contribution in [0.25, 0.3) is 22.2 Å². The van der Waals surface area contributed by atoms with Crippen LogP contribution in [-0.2, 0) is 4.79 Å². The first-order chi connectivity index (χ1) is 13.5. The van der Waals surface area contributed by atoms with Gasteiger partial charge in [0.15, 0.2) is 0 Å². The minimum Gasteiger partial charge on any atom is -0.354 e. The Bertz CT molecular complexity index is 1020. The number of carbonyl (C=O) groups excluding carboxylic acids is 2. The smallest absolute Gasteiger partial charge is 0.252 e. The molecule has 0 bridgehead atoms. The van der Waals surface area contributed by atoms with E-state index in [4.69, 9.17) is 11.6 Å². The number of carbonyl (C=O) groups is 2. The zero-order valence-electron chi connectivity index (χ0n) is 15.8. The number of hydrogen-bond donors (Lipinski definition) is 2. The lowest BCUT2D eigenvalue weighted by Crippen LogP contribution is -2.45. The number of fused-ring (bicyclic) bond motifs is 1. The van der Waals surface area contributed by atoms with Crippen molar-refractivity contribution < 1.29 is 9.59 Å². The van der Waals surface area contributed by atoms with E-state index in [1.54, 1.807) is 19.1 Å². The molecule has 1 heterocycles. The standard InChI is InChI=1S/C22H22ClN3O2/c1-3-12-24-21(27)14(2)25-22(28)17-13-20(16-9-4-6-10-18(16)23)26-19-11-7-5-8-15(17)19/h4-11,13-14H,3,12H2,1-2H3,(H,24,27)(H,25,28)/t14-/m0/s1. The number of hydrogen-bond acceptors (Lipinski definition) is 3. The maximum absolute atomic E-state index is 13.0. The molecule has 1 aromatic heterocycles. The van der Waals surface area contributed by atoms with Crippen molar-refractivity contribution in [1.29, 1.82) is 0 Å². The number of rotatable bonds is 6. The molecule has 0 unspecified atom stereocenters. The fourth-order valence-electron chi connectivity index (χ4n) is 2.91. The predicted octanol–water partition coefficient (Wildman–Crippen LogP) is 4.20. The van der Waals surface area contributed by atoms with Gasteiger partial charge in [-0.25, -0.2) is 4.98 Å². The number of pyridine rings is 1. The van der Waals surface area contributed by atoms with Crippen LogP contribution in [0.15, 0.2) is 54.6 Å². The van der Waals surface area contributed by atoms with Gasteiger partial charge in [-0.05, 0) is 31.5 Å². The van der Waals surface area contributed by atoms with Crippen LogP contribution in [0.4, 0.5) is 0 Å². The molecule has 0 aliphatic rings. The summed E-state index contributed by atoms with van der Waals surface area (Å²) in [4.78, 5) is 29.7. The lowest BCUT2D eigenvalue weighted by molar-refractivity contribution is -0.122. The first-order valence-corrected chi connectivity index (χ1v) is 9.62. The van der Waals surface area contributed by atoms with Gasteiger partial charge in [-0.3, -0.25) is 9.59 Å². The first kappa shape index (κ1) is 19.8. The van der Waals surface area contributed by atoms with Crippen molar-refractivity contribution in [3.63, 3.8) is 0 Å². The summed E-state index contributed by atoms with van der Waals surface area (Å²) in [6, 6.07) is 15.9. The summed E-state index contributed by atoms with van der Waals surface area (Å²) in [5.74, 6) is -0.536. The number of nitrogens with zero attached hydrogens (tertiary/aromatic N) is 1. The van der Waals surface area contributed by atoms with Gasteiger partial charge >= 0.3 is 0 Å². The molecular formula is C22H22ClN3O2. The fourth-order valence-corrected chi connectivity index (χ4v) is 3.14. The minimum atomic E-state index is -0.644. The Labute approximate surface area is 169 Å². The third-order valence-corrected chi connectivity index (χ3v) is 4.73. The van der Waals surface area contributed by atoms with Crippen molar-refractivity contribution in [2.45, 2.75) is 26.3 Å². The van der Waals surface area contributed by atoms with Crippen LogP contribution in [-0.4, -0.2) is 29.4 Å². The average Bonchev–Trinajstić information content (AvgIpc) is 2.71. The SMILES string of the molecule is CCCNC(=O)[C@H](C)NC(=O)c1cc(-c2ccccc2Cl)nc2ccccc12. The molecule has 0 aliphatic heterocycles. The highest BCUT2D eigenvalue weighted by Crippen LogP contribution is 2.29.